The molecule has 0 aliphatic carbocycles. The fraction of sp³-hybridized carbons (Fsp3) is 0.250. The van der Waals surface area contributed by atoms with Crippen molar-refractivity contribution >= 4 is 16.9 Å². The Labute approximate surface area is 211 Å². The highest BCUT2D eigenvalue weighted by Gasteiger charge is 2.18. The minimum atomic E-state index is -0.821. The van der Waals surface area contributed by atoms with E-state index in [1.165, 1.54) is 31.4 Å². The van der Waals surface area contributed by atoms with Gasteiger partial charge in [-0.05, 0) is 30.7 Å². The molecule has 2 N–H and O–H groups in total. The second-order valence-electron chi connectivity index (χ2n) is 8.57. The summed E-state index contributed by atoms with van der Waals surface area (Å²) in [6.07, 6.45) is -0.584. The quantitative estimate of drug-likeness (QED) is 0.275. The first-order valence-electron chi connectivity index (χ1n) is 11.6. The molecule has 0 amide bonds. The SMILES string of the molecule is COCC(C)OC(=O)Cc1ccc(F)cc1OCc1cc(-c2cccc(CN)c2F)c2oc(F)cc2c1. The van der Waals surface area contributed by atoms with Gasteiger partial charge in [0, 0.05) is 53.4 Å². The number of esters is 1. The van der Waals surface area contributed by atoms with Crippen molar-refractivity contribution in [1.29, 1.82) is 0 Å². The van der Waals surface area contributed by atoms with Crippen molar-refractivity contribution in [2.24, 2.45) is 5.73 Å². The molecule has 9 heteroatoms. The van der Waals surface area contributed by atoms with Crippen LogP contribution in [0.5, 0.6) is 5.75 Å². The number of furan rings is 1. The first kappa shape index (κ1) is 26.2. The zero-order valence-corrected chi connectivity index (χ0v) is 20.4. The highest BCUT2D eigenvalue weighted by Crippen LogP contribution is 2.35. The molecule has 0 fully saturated rings. The molecule has 1 aromatic heterocycles. The first-order chi connectivity index (χ1) is 17.8. The number of carbonyl (C=O) groups excluding carboxylic acids is 1. The average molecular weight is 514 g/mol. The lowest BCUT2D eigenvalue weighted by atomic mass is 9.98. The number of methoxy groups -OCH3 is 1. The third-order valence-electron chi connectivity index (χ3n) is 5.73. The molecule has 0 saturated carbocycles. The van der Waals surface area contributed by atoms with Gasteiger partial charge in [0.05, 0.1) is 13.0 Å². The van der Waals surface area contributed by atoms with Crippen LogP contribution >= 0.6 is 0 Å². The zero-order valence-electron chi connectivity index (χ0n) is 20.4. The highest BCUT2D eigenvalue weighted by molar-refractivity contribution is 5.93. The van der Waals surface area contributed by atoms with Crippen LogP contribution in [0.3, 0.4) is 0 Å². The van der Waals surface area contributed by atoms with Crippen molar-refractivity contribution in [3.8, 4) is 16.9 Å². The van der Waals surface area contributed by atoms with Gasteiger partial charge in [0.2, 0.25) is 0 Å². The summed E-state index contributed by atoms with van der Waals surface area (Å²) in [5.74, 6) is -1.45. The normalized spacial score (nSPS) is 12.1. The van der Waals surface area contributed by atoms with E-state index in [1.54, 1.807) is 37.3 Å². The zero-order chi connectivity index (χ0) is 26.5. The molecular formula is C28H26F3NO5. The van der Waals surface area contributed by atoms with Gasteiger partial charge in [0.15, 0.2) is 0 Å². The van der Waals surface area contributed by atoms with Gasteiger partial charge in [-0.3, -0.25) is 4.79 Å². The van der Waals surface area contributed by atoms with Crippen molar-refractivity contribution < 1.29 is 36.6 Å². The van der Waals surface area contributed by atoms with Crippen LogP contribution in [0.15, 0.2) is 59.0 Å². The van der Waals surface area contributed by atoms with Crippen molar-refractivity contribution in [2.75, 3.05) is 13.7 Å². The second-order valence-corrected chi connectivity index (χ2v) is 8.57. The lowest BCUT2D eigenvalue weighted by molar-refractivity contribution is -0.149. The number of hydrogen-bond donors (Lipinski definition) is 1. The van der Waals surface area contributed by atoms with E-state index in [0.29, 0.717) is 27.6 Å². The summed E-state index contributed by atoms with van der Waals surface area (Å²) in [5, 5.41) is 0.404. The molecule has 0 aliphatic rings. The minimum Gasteiger partial charge on any atom is -0.488 e. The molecule has 3 aromatic carbocycles. The molecule has 194 valence electrons. The molecule has 1 heterocycles. The Kier molecular flexibility index (Phi) is 8.15. The molecule has 0 saturated heterocycles. The predicted octanol–water partition coefficient (Wildman–Crippen LogP) is 5.68. The van der Waals surface area contributed by atoms with Crippen LogP contribution in [-0.2, 0) is 33.8 Å². The average Bonchev–Trinajstić information content (AvgIpc) is 3.24. The fourth-order valence-electron chi connectivity index (χ4n) is 4.07. The van der Waals surface area contributed by atoms with Crippen molar-refractivity contribution in [2.45, 2.75) is 32.6 Å². The molecule has 4 aromatic rings. The van der Waals surface area contributed by atoms with Crippen LogP contribution in [0.25, 0.3) is 22.1 Å². The van der Waals surface area contributed by atoms with Gasteiger partial charge in [0.1, 0.15) is 35.7 Å². The molecular weight excluding hydrogens is 487 g/mol. The Morgan fingerprint density at radius 1 is 1.03 bits per heavy atom. The number of carbonyl (C=O) groups is 1. The van der Waals surface area contributed by atoms with Gasteiger partial charge in [-0.25, -0.2) is 8.78 Å². The number of nitrogens with two attached hydrogens (primary N) is 1. The van der Waals surface area contributed by atoms with Crippen molar-refractivity contribution in [3.05, 3.63) is 88.9 Å². The van der Waals surface area contributed by atoms with E-state index in [0.717, 1.165) is 0 Å². The molecule has 1 unspecified atom stereocenters. The molecule has 0 radical (unpaired) electrons. The summed E-state index contributed by atoms with van der Waals surface area (Å²) >= 11 is 0. The molecule has 0 bridgehead atoms. The van der Waals surface area contributed by atoms with Crippen LogP contribution in [0, 0.1) is 17.6 Å². The maximum absolute atomic E-state index is 15.1. The Hall–Kier alpha value is -3.82. The number of rotatable bonds is 10. The van der Waals surface area contributed by atoms with Crippen LogP contribution in [0.1, 0.15) is 23.6 Å². The summed E-state index contributed by atoms with van der Waals surface area (Å²) in [5.41, 5.74) is 7.61. The van der Waals surface area contributed by atoms with Gasteiger partial charge in [0.25, 0.3) is 6.01 Å². The Balaban J connectivity index is 1.63. The number of benzene rings is 3. The Morgan fingerprint density at radius 2 is 1.84 bits per heavy atom. The molecule has 6 nitrogen and oxygen atoms in total. The maximum Gasteiger partial charge on any atom is 0.310 e. The standard InChI is InChI=1S/C28H26F3NO5/c1-16(14-34-2)36-26(33)11-18-6-7-21(29)12-24(18)35-15-17-8-20-10-25(30)37-28(20)23(9-17)22-5-3-4-19(13-32)27(22)31/h3-10,12,16H,11,13-15,32H2,1-2H3. The van der Waals surface area contributed by atoms with Gasteiger partial charge >= 0.3 is 5.97 Å². The minimum absolute atomic E-state index is 0.00678. The second kappa shape index (κ2) is 11.5. The molecule has 0 aliphatic heterocycles. The monoisotopic (exact) mass is 513 g/mol. The topological polar surface area (TPSA) is 83.9 Å². The number of halogens is 3. The van der Waals surface area contributed by atoms with E-state index < -0.39 is 29.7 Å². The van der Waals surface area contributed by atoms with Gasteiger partial charge in [-0.1, -0.05) is 24.3 Å². The summed E-state index contributed by atoms with van der Waals surface area (Å²) in [6, 6.07) is 12.2. The Morgan fingerprint density at radius 3 is 2.59 bits per heavy atom. The van der Waals surface area contributed by atoms with Crippen LogP contribution in [-0.4, -0.2) is 25.8 Å². The maximum atomic E-state index is 15.1. The third-order valence-corrected chi connectivity index (χ3v) is 5.73. The van der Waals surface area contributed by atoms with Crippen LogP contribution < -0.4 is 10.5 Å². The number of ether oxygens (including phenoxy) is 3. The van der Waals surface area contributed by atoms with E-state index in [-0.39, 0.29) is 43.1 Å². The van der Waals surface area contributed by atoms with Gasteiger partial charge in [-0.2, -0.15) is 4.39 Å². The Bertz CT molecular complexity index is 1420. The van der Waals surface area contributed by atoms with Crippen molar-refractivity contribution in [1.82, 2.24) is 0 Å². The van der Waals surface area contributed by atoms with Crippen LogP contribution in [0.2, 0.25) is 0 Å². The predicted molar refractivity (Wildman–Crippen MR) is 131 cm³/mol. The number of fused-ring (bicyclic) bond motifs is 1. The summed E-state index contributed by atoms with van der Waals surface area (Å²) in [7, 11) is 1.50. The third kappa shape index (κ3) is 6.12. The summed E-state index contributed by atoms with van der Waals surface area (Å²) in [4.78, 5) is 12.3. The van der Waals surface area contributed by atoms with E-state index in [9.17, 15) is 13.6 Å². The lowest BCUT2D eigenvalue weighted by Gasteiger charge is -2.15. The molecule has 0 spiro atoms. The lowest BCUT2D eigenvalue weighted by Crippen LogP contribution is -2.21. The smallest absolute Gasteiger partial charge is 0.310 e. The molecule has 4 rings (SSSR count). The number of hydrogen-bond acceptors (Lipinski definition) is 6. The highest BCUT2D eigenvalue weighted by atomic mass is 19.1. The molecule has 1 atom stereocenters. The molecule has 37 heavy (non-hydrogen) atoms. The van der Waals surface area contributed by atoms with E-state index in [2.05, 4.69) is 0 Å². The first-order valence-corrected chi connectivity index (χ1v) is 11.6. The van der Waals surface area contributed by atoms with Gasteiger partial charge < -0.3 is 24.4 Å². The van der Waals surface area contributed by atoms with Crippen molar-refractivity contribution in [3.63, 3.8) is 0 Å². The summed E-state index contributed by atoms with van der Waals surface area (Å²) < 4.78 is 64.4. The van der Waals surface area contributed by atoms with E-state index in [1.807, 2.05) is 0 Å². The van der Waals surface area contributed by atoms with Crippen LogP contribution in [0.4, 0.5) is 13.2 Å². The largest absolute Gasteiger partial charge is 0.488 e. The summed E-state index contributed by atoms with van der Waals surface area (Å²) in [6.45, 7) is 1.86. The van der Waals surface area contributed by atoms with E-state index in [4.69, 9.17) is 24.4 Å². The fourth-order valence-corrected chi connectivity index (χ4v) is 4.07. The van der Waals surface area contributed by atoms with Gasteiger partial charge in [-0.15, -0.1) is 0 Å². The van der Waals surface area contributed by atoms with E-state index >= 15 is 4.39 Å².